The first-order valence-electron chi connectivity index (χ1n) is 5.12. The van der Waals surface area contributed by atoms with Crippen LogP contribution in [0.3, 0.4) is 0 Å². The second kappa shape index (κ2) is 6.50. The summed E-state index contributed by atoms with van der Waals surface area (Å²) in [6, 6.07) is 4.79. The molecule has 0 aliphatic rings. The molecule has 0 aliphatic carbocycles. The summed E-state index contributed by atoms with van der Waals surface area (Å²) in [7, 11) is 0. The normalized spacial score (nSPS) is 10.1. The Bertz CT molecular complexity index is 369. The molecule has 88 valence electrons. The van der Waals surface area contributed by atoms with Crippen molar-refractivity contribution in [1.29, 1.82) is 0 Å². The van der Waals surface area contributed by atoms with E-state index in [1.54, 1.807) is 12.1 Å². The fraction of sp³-hybridized carbons (Fsp3) is 0.364. The third-order valence-electron chi connectivity index (χ3n) is 2.12. The Hall–Kier alpha value is -1.07. The minimum absolute atomic E-state index is 0.0225. The number of phenols is 1. The maximum Gasteiger partial charge on any atom is 0.255 e. The largest absolute Gasteiger partial charge is 0.507 e. The molecule has 1 amide bonds. The molecule has 0 heterocycles. The number of benzene rings is 1. The number of carbonyl (C=O) groups is 1. The SMILES string of the molecule is NCCCCNC(=O)c1ccc(Br)cc1O. The number of nitrogens with two attached hydrogens (primary N) is 1. The Kier molecular flexibility index (Phi) is 5.28. The van der Waals surface area contributed by atoms with Crippen LogP contribution in [0.1, 0.15) is 23.2 Å². The van der Waals surface area contributed by atoms with Crippen molar-refractivity contribution in [2.45, 2.75) is 12.8 Å². The van der Waals surface area contributed by atoms with Crippen molar-refractivity contribution in [3.05, 3.63) is 28.2 Å². The summed E-state index contributed by atoms with van der Waals surface area (Å²) in [6.45, 7) is 1.20. The molecule has 4 nitrogen and oxygen atoms in total. The Morgan fingerprint density at radius 1 is 1.44 bits per heavy atom. The van der Waals surface area contributed by atoms with E-state index in [1.807, 2.05) is 0 Å². The van der Waals surface area contributed by atoms with E-state index in [9.17, 15) is 9.90 Å². The van der Waals surface area contributed by atoms with Crippen LogP contribution < -0.4 is 11.1 Å². The minimum Gasteiger partial charge on any atom is -0.507 e. The molecule has 0 bridgehead atoms. The summed E-state index contributed by atoms with van der Waals surface area (Å²) in [5, 5.41) is 12.3. The van der Waals surface area contributed by atoms with Crippen LogP contribution in [-0.2, 0) is 0 Å². The number of halogens is 1. The highest BCUT2D eigenvalue weighted by Gasteiger charge is 2.10. The monoisotopic (exact) mass is 286 g/mol. The van der Waals surface area contributed by atoms with Gasteiger partial charge in [-0.3, -0.25) is 4.79 Å². The highest BCUT2D eigenvalue weighted by molar-refractivity contribution is 9.10. The molecule has 1 aromatic rings. The van der Waals surface area contributed by atoms with E-state index in [1.165, 1.54) is 6.07 Å². The predicted octanol–water partition coefficient (Wildman–Crippen LogP) is 1.62. The summed E-state index contributed by atoms with van der Waals surface area (Å²) in [5.41, 5.74) is 5.63. The van der Waals surface area contributed by atoms with Crippen LogP contribution in [0.5, 0.6) is 5.75 Å². The van der Waals surface area contributed by atoms with Crippen molar-refractivity contribution in [2.75, 3.05) is 13.1 Å². The van der Waals surface area contributed by atoms with Gasteiger partial charge in [-0.15, -0.1) is 0 Å². The van der Waals surface area contributed by atoms with Gasteiger partial charge in [0.05, 0.1) is 5.56 Å². The Morgan fingerprint density at radius 3 is 2.81 bits per heavy atom. The van der Waals surface area contributed by atoms with Gasteiger partial charge >= 0.3 is 0 Å². The Balaban J connectivity index is 2.53. The first-order valence-corrected chi connectivity index (χ1v) is 5.91. The first-order chi connectivity index (χ1) is 7.65. The summed E-state index contributed by atoms with van der Waals surface area (Å²) in [6.07, 6.45) is 1.73. The lowest BCUT2D eigenvalue weighted by atomic mass is 10.2. The van der Waals surface area contributed by atoms with Gasteiger partial charge in [0.2, 0.25) is 0 Å². The zero-order valence-corrected chi connectivity index (χ0v) is 10.5. The highest BCUT2D eigenvalue weighted by Crippen LogP contribution is 2.21. The van der Waals surface area contributed by atoms with Crippen LogP contribution in [-0.4, -0.2) is 24.1 Å². The number of hydrogen-bond donors (Lipinski definition) is 3. The summed E-state index contributed by atoms with van der Waals surface area (Å²) in [5.74, 6) is -0.285. The molecule has 4 N–H and O–H groups in total. The van der Waals surface area contributed by atoms with Crippen LogP contribution in [0, 0.1) is 0 Å². The van der Waals surface area contributed by atoms with Crippen molar-refractivity contribution in [2.24, 2.45) is 5.73 Å². The maximum atomic E-state index is 11.6. The van der Waals surface area contributed by atoms with E-state index in [2.05, 4.69) is 21.2 Å². The molecular weight excluding hydrogens is 272 g/mol. The number of hydrogen-bond acceptors (Lipinski definition) is 3. The lowest BCUT2D eigenvalue weighted by Gasteiger charge is -2.06. The van der Waals surface area contributed by atoms with Crippen molar-refractivity contribution in [3.8, 4) is 5.75 Å². The Morgan fingerprint density at radius 2 is 2.19 bits per heavy atom. The quantitative estimate of drug-likeness (QED) is 0.720. The van der Waals surface area contributed by atoms with E-state index in [-0.39, 0.29) is 17.2 Å². The molecule has 5 heteroatoms. The van der Waals surface area contributed by atoms with Crippen LogP contribution in [0.15, 0.2) is 22.7 Å². The van der Waals surface area contributed by atoms with Gasteiger partial charge < -0.3 is 16.2 Å². The molecule has 0 atom stereocenters. The number of unbranched alkanes of at least 4 members (excludes halogenated alkanes) is 1. The third kappa shape index (κ3) is 3.83. The van der Waals surface area contributed by atoms with Gasteiger partial charge in [-0.05, 0) is 37.6 Å². The molecule has 0 saturated heterocycles. The minimum atomic E-state index is -0.262. The number of nitrogens with one attached hydrogen (secondary N) is 1. The van der Waals surface area contributed by atoms with E-state index in [4.69, 9.17) is 5.73 Å². The Labute approximate surface area is 103 Å². The molecule has 0 spiro atoms. The fourth-order valence-electron chi connectivity index (χ4n) is 1.26. The molecule has 0 radical (unpaired) electrons. The summed E-state index contributed by atoms with van der Waals surface area (Å²) < 4.78 is 0.740. The van der Waals surface area contributed by atoms with Gasteiger partial charge in [-0.25, -0.2) is 0 Å². The van der Waals surface area contributed by atoms with Gasteiger partial charge in [-0.2, -0.15) is 0 Å². The molecule has 0 unspecified atom stereocenters. The van der Waals surface area contributed by atoms with Crippen molar-refractivity contribution >= 4 is 21.8 Å². The zero-order chi connectivity index (χ0) is 12.0. The molecule has 1 rings (SSSR count). The van der Waals surface area contributed by atoms with Crippen LogP contribution in [0.4, 0.5) is 0 Å². The summed E-state index contributed by atoms with van der Waals surface area (Å²) >= 11 is 3.21. The number of carbonyl (C=O) groups excluding carboxylic acids is 1. The van der Waals surface area contributed by atoms with E-state index in [0.717, 1.165) is 17.3 Å². The highest BCUT2D eigenvalue weighted by atomic mass is 79.9. The predicted molar refractivity (Wildman–Crippen MR) is 66.4 cm³/mol. The van der Waals surface area contributed by atoms with Gasteiger partial charge in [0.25, 0.3) is 5.91 Å². The maximum absolute atomic E-state index is 11.6. The molecular formula is C11H15BrN2O2. The van der Waals surface area contributed by atoms with Crippen molar-refractivity contribution < 1.29 is 9.90 Å². The second-order valence-electron chi connectivity index (χ2n) is 3.41. The molecule has 0 aromatic heterocycles. The second-order valence-corrected chi connectivity index (χ2v) is 4.33. The van der Waals surface area contributed by atoms with E-state index in [0.29, 0.717) is 13.1 Å². The van der Waals surface area contributed by atoms with Crippen molar-refractivity contribution in [1.82, 2.24) is 5.32 Å². The van der Waals surface area contributed by atoms with Gasteiger partial charge in [0.1, 0.15) is 5.75 Å². The van der Waals surface area contributed by atoms with Crippen LogP contribution in [0.25, 0.3) is 0 Å². The topological polar surface area (TPSA) is 75.3 Å². The third-order valence-corrected chi connectivity index (χ3v) is 2.61. The number of amides is 1. The van der Waals surface area contributed by atoms with Crippen LogP contribution in [0.2, 0.25) is 0 Å². The smallest absolute Gasteiger partial charge is 0.255 e. The molecule has 0 saturated carbocycles. The van der Waals surface area contributed by atoms with Gasteiger partial charge in [-0.1, -0.05) is 15.9 Å². The lowest BCUT2D eigenvalue weighted by Crippen LogP contribution is -2.24. The van der Waals surface area contributed by atoms with E-state index >= 15 is 0 Å². The number of aromatic hydroxyl groups is 1. The zero-order valence-electron chi connectivity index (χ0n) is 8.87. The fourth-order valence-corrected chi connectivity index (χ4v) is 1.61. The molecule has 16 heavy (non-hydrogen) atoms. The van der Waals surface area contributed by atoms with Crippen LogP contribution >= 0.6 is 15.9 Å². The number of phenolic OH excluding ortho intramolecular Hbond substituents is 1. The molecule has 0 aliphatic heterocycles. The average Bonchev–Trinajstić information content (AvgIpc) is 2.24. The van der Waals surface area contributed by atoms with Crippen molar-refractivity contribution in [3.63, 3.8) is 0 Å². The lowest BCUT2D eigenvalue weighted by molar-refractivity contribution is 0.0950. The first kappa shape index (κ1) is 13.0. The summed E-state index contributed by atoms with van der Waals surface area (Å²) in [4.78, 5) is 11.6. The molecule has 1 aromatic carbocycles. The van der Waals surface area contributed by atoms with E-state index < -0.39 is 0 Å². The number of rotatable bonds is 5. The molecule has 0 fully saturated rings. The van der Waals surface area contributed by atoms with Gasteiger partial charge in [0.15, 0.2) is 0 Å². The average molecular weight is 287 g/mol. The van der Waals surface area contributed by atoms with Gasteiger partial charge in [0, 0.05) is 11.0 Å². The standard InChI is InChI=1S/C11H15BrN2O2/c12-8-3-4-9(10(15)7-8)11(16)14-6-2-1-5-13/h3-4,7,15H,1-2,5-6,13H2,(H,14,16).